The van der Waals surface area contributed by atoms with Crippen molar-refractivity contribution < 1.29 is 4.79 Å². The Morgan fingerprint density at radius 2 is 2.06 bits per heavy atom. The van der Waals surface area contributed by atoms with Crippen LogP contribution in [0.1, 0.15) is 30.6 Å². The van der Waals surface area contributed by atoms with Gasteiger partial charge in [0.2, 0.25) is 5.91 Å². The molecule has 2 heterocycles. The van der Waals surface area contributed by atoms with E-state index in [9.17, 15) is 4.79 Å². The Morgan fingerprint density at radius 1 is 1.29 bits per heavy atom. The summed E-state index contributed by atoms with van der Waals surface area (Å²) in [5.74, 6) is 0.864. The highest BCUT2D eigenvalue weighted by Gasteiger charge is 2.21. The smallest absolute Gasteiger partial charge is 0.229 e. The third-order valence-corrected chi connectivity index (χ3v) is 3.30. The maximum atomic E-state index is 11.8. The van der Waals surface area contributed by atoms with Gasteiger partial charge in [-0.05, 0) is 25.8 Å². The van der Waals surface area contributed by atoms with Crippen LogP contribution < -0.4 is 0 Å². The molecule has 0 spiro atoms. The summed E-state index contributed by atoms with van der Waals surface area (Å²) in [6.45, 7) is 3.61. The molecule has 0 saturated carbocycles. The molecule has 2 aromatic rings. The number of aromatic nitrogens is 1. The van der Waals surface area contributed by atoms with Crippen molar-refractivity contribution in [2.75, 3.05) is 0 Å². The lowest BCUT2D eigenvalue weighted by molar-refractivity contribution is 0.0943. The van der Waals surface area contributed by atoms with Gasteiger partial charge in [-0.2, -0.15) is 0 Å². The lowest BCUT2D eigenvalue weighted by Crippen LogP contribution is -2.08. The van der Waals surface area contributed by atoms with Crippen LogP contribution in [0.5, 0.6) is 0 Å². The van der Waals surface area contributed by atoms with Gasteiger partial charge >= 0.3 is 0 Å². The molecule has 0 amide bonds. The van der Waals surface area contributed by atoms with Crippen LogP contribution in [0.2, 0.25) is 0 Å². The van der Waals surface area contributed by atoms with E-state index in [0.717, 1.165) is 35.3 Å². The largest absolute Gasteiger partial charge is 0.274 e. The Bertz CT molecular complexity index is 650. The number of carbonyl (C=O) groups excluding carboxylic acids is 1. The molecule has 0 saturated heterocycles. The first-order valence-corrected chi connectivity index (χ1v) is 5.86. The van der Waals surface area contributed by atoms with E-state index in [0.29, 0.717) is 0 Å². The first-order valence-electron chi connectivity index (χ1n) is 5.86. The van der Waals surface area contributed by atoms with E-state index in [1.165, 1.54) is 5.56 Å². The molecule has 3 nitrogen and oxygen atoms in total. The van der Waals surface area contributed by atoms with Gasteiger partial charge in [-0.1, -0.05) is 18.2 Å². The third kappa shape index (κ3) is 1.42. The normalized spacial score (nSPS) is 14.6. The van der Waals surface area contributed by atoms with Gasteiger partial charge < -0.3 is 0 Å². The molecule has 0 fully saturated rings. The lowest BCUT2D eigenvalue weighted by atomic mass is 10.0. The molecule has 1 aliphatic rings. The second-order valence-corrected chi connectivity index (χ2v) is 4.52. The summed E-state index contributed by atoms with van der Waals surface area (Å²) in [4.78, 5) is 16.4. The summed E-state index contributed by atoms with van der Waals surface area (Å²) in [5, 5.41) is 1.16. The van der Waals surface area contributed by atoms with Crippen LogP contribution in [0.15, 0.2) is 29.3 Å². The third-order valence-electron chi connectivity index (χ3n) is 3.30. The molecule has 0 unspecified atom stereocenters. The van der Waals surface area contributed by atoms with E-state index in [1.807, 2.05) is 25.1 Å². The Kier molecular flexibility index (Phi) is 2.15. The summed E-state index contributed by atoms with van der Waals surface area (Å²) in [7, 11) is 0. The van der Waals surface area contributed by atoms with Crippen molar-refractivity contribution >= 4 is 28.3 Å². The molecule has 3 heteroatoms. The molecule has 86 valence electrons. The zero-order valence-electron chi connectivity index (χ0n) is 10.0. The maximum absolute atomic E-state index is 11.8. The monoisotopic (exact) mass is 226 g/mol. The number of fused-ring (bicyclic) bond motifs is 3. The van der Waals surface area contributed by atoms with Gasteiger partial charge in [0.25, 0.3) is 0 Å². The number of hydrogen-bond acceptors (Lipinski definition) is 2. The number of para-hydroxylation sites is 1. The van der Waals surface area contributed by atoms with Crippen molar-refractivity contribution in [1.82, 2.24) is 4.57 Å². The van der Waals surface area contributed by atoms with Crippen LogP contribution >= 0.6 is 0 Å². The van der Waals surface area contributed by atoms with E-state index in [4.69, 9.17) is 0 Å². The number of nitrogens with zero attached hydrogens (tertiary/aromatic N) is 2. The highest BCUT2D eigenvalue weighted by Crippen LogP contribution is 2.35. The molecule has 17 heavy (non-hydrogen) atoms. The van der Waals surface area contributed by atoms with Gasteiger partial charge in [0, 0.05) is 23.6 Å². The average Bonchev–Trinajstić information content (AvgIpc) is 2.62. The number of carbonyl (C=O) groups is 1. The van der Waals surface area contributed by atoms with Crippen molar-refractivity contribution in [2.24, 2.45) is 4.99 Å². The predicted octanol–water partition coefficient (Wildman–Crippen LogP) is 3.34. The van der Waals surface area contributed by atoms with Crippen LogP contribution in [0, 0.1) is 0 Å². The molecule has 0 aliphatic carbocycles. The average molecular weight is 226 g/mol. The highest BCUT2D eigenvalue weighted by molar-refractivity contribution is 6.01. The van der Waals surface area contributed by atoms with E-state index in [2.05, 4.69) is 11.1 Å². The van der Waals surface area contributed by atoms with E-state index >= 15 is 0 Å². The van der Waals surface area contributed by atoms with Crippen LogP contribution in [-0.4, -0.2) is 16.2 Å². The number of benzene rings is 1. The molecular weight excluding hydrogens is 212 g/mol. The Morgan fingerprint density at radius 3 is 2.82 bits per heavy atom. The summed E-state index contributed by atoms with van der Waals surface area (Å²) in [6, 6.07) is 8.03. The molecule has 1 aromatic heterocycles. The van der Waals surface area contributed by atoms with Crippen LogP contribution in [-0.2, 0) is 6.42 Å². The molecule has 0 radical (unpaired) electrons. The minimum absolute atomic E-state index is 0.0286. The van der Waals surface area contributed by atoms with Crippen molar-refractivity contribution in [2.45, 2.75) is 26.7 Å². The summed E-state index contributed by atoms with van der Waals surface area (Å²) in [5.41, 5.74) is 3.28. The van der Waals surface area contributed by atoms with Gasteiger partial charge in [-0.25, -0.2) is 4.99 Å². The zero-order chi connectivity index (χ0) is 12.0. The van der Waals surface area contributed by atoms with Crippen LogP contribution in [0.4, 0.5) is 5.82 Å². The van der Waals surface area contributed by atoms with Gasteiger partial charge in [0.15, 0.2) is 0 Å². The molecule has 0 bridgehead atoms. The molecule has 1 aromatic carbocycles. The minimum atomic E-state index is 0.0286. The van der Waals surface area contributed by atoms with Crippen molar-refractivity contribution in [1.29, 1.82) is 0 Å². The highest BCUT2D eigenvalue weighted by atomic mass is 16.1. The first-order chi connectivity index (χ1) is 8.18. The Labute approximate surface area is 99.8 Å². The first kappa shape index (κ1) is 10.3. The molecule has 0 atom stereocenters. The molecule has 3 rings (SSSR count). The van der Waals surface area contributed by atoms with Crippen molar-refractivity contribution in [3.63, 3.8) is 0 Å². The van der Waals surface area contributed by atoms with E-state index in [-0.39, 0.29) is 5.91 Å². The quantitative estimate of drug-likeness (QED) is 0.678. The van der Waals surface area contributed by atoms with E-state index < -0.39 is 0 Å². The van der Waals surface area contributed by atoms with Gasteiger partial charge in [0.1, 0.15) is 5.82 Å². The summed E-state index contributed by atoms with van der Waals surface area (Å²) in [6.07, 6.45) is 1.96. The fraction of sp³-hybridized carbons (Fsp3) is 0.286. The van der Waals surface area contributed by atoms with E-state index in [1.54, 1.807) is 11.5 Å². The standard InChI is InChI=1S/C14H14N2O/c1-9-7-8-12-11-5-3-4-6-13(11)16(10(2)17)14(12)15-9/h3-6H,7-8H2,1-2H3. The minimum Gasteiger partial charge on any atom is -0.274 e. The maximum Gasteiger partial charge on any atom is 0.229 e. The Hall–Kier alpha value is -1.90. The summed E-state index contributed by atoms with van der Waals surface area (Å²) >= 11 is 0. The van der Waals surface area contributed by atoms with Crippen molar-refractivity contribution in [3.05, 3.63) is 29.8 Å². The van der Waals surface area contributed by atoms with Crippen LogP contribution in [0.3, 0.4) is 0 Å². The number of aliphatic imine (C=N–C) groups is 1. The van der Waals surface area contributed by atoms with Gasteiger partial charge in [0.05, 0.1) is 5.52 Å². The fourth-order valence-corrected chi connectivity index (χ4v) is 2.52. The van der Waals surface area contributed by atoms with Crippen molar-refractivity contribution in [3.8, 4) is 0 Å². The predicted molar refractivity (Wildman–Crippen MR) is 69.3 cm³/mol. The van der Waals surface area contributed by atoms with Gasteiger partial charge in [-0.3, -0.25) is 9.36 Å². The topological polar surface area (TPSA) is 34.4 Å². The number of rotatable bonds is 0. The van der Waals surface area contributed by atoms with Crippen LogP contribution in [0.25, 0.3) is 10.9 Å². The molecular formula is C14H14N2O. The summed E-state index contributed by atoms with van der Waals surface area (Å²) < 4.78 is 1.73. The lowest BCUT2D eigenvalue weighted by Gasteiger charge is -2.11. The second kappa shape index (κ2) is 3.55. The SMILES string of the molecule is CC(=O)n1c2c(c3ccccc31)CCC(C)=N2. The van der Waals surface area contributed by atoms with Gasteiger partial charge in [-0.15, -0.1) is 0 Å². The zero-order valence-corrected chi connectivity index (χ0v) is 10.0. The molecule has 1 aliphatic heterocycles. The Balaban J connectivity index is 2.45. The number of hydrogen-bond donors (Lipinski definition) is 0. The second-order valence-electron chi connectivity index (χ2n) is 4.52. The number of aryl methyl sites for hydroxylation is 1. The molecule has 0 N–H and O–H groups in total. The fourth-order valence-electron chi connectivity index (χ4n) is 2.52.